The molecule has 13 heavy (non-hydrogen) atoms. The maximum absolute atomic E-state index is 10.2. The standard InChI is InChI=1S/C6H12N2O5/c1-3(13-5(7)10)4(9)2-8-6(11)12/h3-4,8-9H,2H2,1H3,(H2,7,10)(H,11,12)/t3-,4?/m0/s1. The molecular formula is C6H12N2O5. The van der Waals surface area contributed by atoms with Crippen molar-refractivity contribution in [3.63, 3.8) is 0 Å². The Morgan fingerprint density at radius 1 is 1.62 bits per heavy atom. The molecule has 0 heterocycles. The second-order valence-corrected chi connectivity index (χ2v) is 2.40. The summed E-state index contributed by atoms with van der Waals surface area (Å²) < 4.78 is 4.40. The lowest BCUT2D eigenvalue weighted by atomic mass is 10.2. The number of carboxylic acid groups (broad SMARTS) is 1. The van der Waals surface area contributed by atoms with Crippen molar-refractivity contribution < 1.29 is 24.5 Å². The topological polar surface area (TPSA) is 122 Å². The second-order valence-electron chi connectivity index (χ2n) is 2.40. The van der Waals surface area contributed by atoms with Crippen LogP contribution in [0.4, 0.5) is 9.59 Å². The number of nitrogens with one attached hydrogen (secondary N) is 1. The van der Waals surface area contributed by atoms with Gasteiger partial charge in [-0.2, -0.15) is 0 Å². The van der Waals surface area contributed by atoms with E-state index < -0.39 is 24.4 Å². The number of hydrogen-bond donors (Lipinski definition) is 4. The third-order valence-corrected chi connectivity index (χ3v) is 1.31. The Hall–Kier alpha value is -1.50. The molecule has 0 aliphatic carbocycles. The van der Waals surface area contributed by atoms with Crippen molar-refractivity contribution in [2.75, 3.05) is 6.54 Å². The minimum absolute atomic E-state index is 0.218. The summed E-state index contributed by atoms with van der Waals surface area (Å²) in [6.07, 6.45) is -4.22. The smallest absolute Gasteiger partial charge is 0.404 e. The lowest BCUT2D eigenvalue weighted by molar-refractivity contribution is 0.0178. The van der Waals surface area contributed by atoms with Gasteiger partial charge in [0.1, 0.15) is 12.2 Å². The van der Waals surface area contributed by atoms with E-state index in [0.29, 0.717) is 0 Å². The van der Waals surface area contributed by atoms with Gasteiger partial charge < -0.3 is 26.0 Å². The summed E-state index contributed by atoms with van der Waals surface area (Å²) >= 11 is 0. The van der Waals surface area contributed by atoms with Crippen LogP contribution >= 0.6 is 0 Å². The van der Waals surface area contributed by atoms with Gasteiger partial charge in [-0.25, -0.2) is 9.59 Å². The first-order chi connectivity index (χ1) is 5.93. The SMILES string of the molecule is C[C@H](OC(N)=O)C(O)CNC(=O)O. The lowest BCUT2D eigenvalue weighted by Crippen LogP contribution is -2.39. The maximum Gasteiger partial charge on any atom is 0.404 e. The molecular weight excluding hydrogens is 180 g/mol. The molecule has 0 fully saturated rings. The number of hydrogen-bond acceptors (Lipinski definition) is 4. The molecule has 0 saturated heterocycles. The largest absolute Gasteiger partial charge is 0.465 e. The van der Waals surface area contributed by atoms with Crippen LogP contribution in [0.2, 0.25) is 0 Å². The highest BCUT2D eigenvalue weighted by Crippen LogP contribution is 1.97. The fourth-order valence-corrected chi connectivity index (χ4v) is 0.620. The lowest BCUT2D eigenvalue weighted by Gasteiger charge is -2.17. The van der Waals surface area contributed by atoms with Gasteiger partial charge >= 0.3 is 12.2 Å². The molecule has 1 unspecified atom stereocenters. The average Bonchev–Trinajstić information content (AvgIpc) is 1.98. The first kappa shape index (κ1) is 11.5. The van der Waals surface area contributed by atoms with Gasteiger partial charge in [0.15, 0.2) is 0 Å². The predicted molar refractivity (Wildman–Crippen MR) is 42.2 cm³/mol. The molecule has 0 aromatic heterocycles. The number of nitrogens with two attached hydrogens (primary N) is 1. The van der Waals surface area contributed by atoms with Crippen LogP contribution in [0.3, 0.4) is 0 Å². The van der Waals surface area contributed by atoms with E-state index in [4.69, 9.17) is 10.2 Å². The number of carbonyl (C=O) groups excluding carboxylic acids is 1. The molecule has 0 aromatic carbocycles. The molecule has 0 aliphatic heterocycles. The molecule has 5 N–H and O–H groups in total. The van der Waals surface area contributed by atoms with Crippen LogP contribution in [-0.2, 0) is 4.74 Å². The normalized spacial score (nSPS) is 14.3. The summed E-state index contributed by atoms with van der Waals surface area (Å²) in [6, 6.07) is 0. The summed E-state index contributed by atoms with van der Waals surface area (Å²) in [5, 5.41) is 19.3. The molecule has 7 heteroatoms. The van der Waals surface area contributed by atoms with E-state index in [0.717, 1.165) is 0 Å². The van der Waals surface area contributed by atoms with Crippen LogP contribution < -0.4 is 11.1 Å². The monoisotopic (exact) mass is 192 g/mol. The minimum atomic E-state index is -1.26. The molecule has 0 aliphatic rings. The first-order valence-electron chi connectivity index (χ1n) is 3.54. The Bertz CT molecular complexity index is 195. The second kappa shape index (κ2) is 5.20. The number of aliphatic hydroxyl groups excluding tert-OH is 1. The van der Waals surface area contributed by atoms with Crippen molar-refractivity contribution in [2.24, 2.45) is 5.73 Å². The van der Waals surface area contributed by atoms with Crippen molar-refractivity contribution in [3.05, 3.63) is 0 Å². The maximum atomic E-state index is 10.2. The van der Waals surface area contributed by atoms with E-state index in [1.807, 2.05) is 5.32 Å². The summed E-state index contributed by atoms with van der Waals surface area (Å²) in [5.74, 6) is 0. The summed E-state index contributed by atoms with van der Waals surface area (Å²) in [5.41, 5.74) is 4.68. The van der Waals surface area contributed by atoms with E-state index in [9.17, 15) is 9.59 Å². The Morgan fingerprint density at radius 3 is 2.54 bits per heavy atom. The van der Waals surface area contributed by atoms with Gasteiger partial charge in [-0.15, -0.1) is 0 Å². The van der Waals surface area contributed by atoms with Crippen LogP contribution in [0.5, 0.6) is 0 Å². The van der Waals surface area contributed by atoms with Gasteiger partial charge in [0.05, 0.1) is 6.54 Å². The highest BCUT2D eigenvalue weighted by molar-refractivity contribution is 5.65. The average molecular weight is 192 g/mol. The number of ether oxygens (including phenoxy) is 1. The van der Waals surface area contributed by atoms with Crippen molar-refractivity contribution >= 4 is 12.2 Å². The number of aliphatic hydroxyl groups is 1. The molecule has 0 aromatic rings. The van der Waals surface area contributed by atoms with Crippen molar-refractivity contribution in [1.82, 2.24) is 5.32 Å². The summed E-state index contributed by atoms with van der Waals surface area (Å²) in [7, 11) is 0. The van der Waals surface area contributed by atoms with E-state index in [-0.39, 0.29) is 6.54 Å². The van der Waals surface area contributed by atoms with Crippen molar-refractivity contribution in [2.45, 2.75) is 19.1 Å². The van der Waals surface area contributed by atoms with Gasteiger partial charge in [-0.3, -0.25) is 0 Å². The Morgan fingerprint density at radius 2 is 2.15 bits per heavy atom. The summed E-state index contributed by atoms with van der Waals surface area (Å²) in [4.78, 5) is 20.2. The predicted octanol–water partition coefficient (Wildman–Crippen LogP) is -0.901. The first-order valence-corrected chi connectivity index (χ1v) is 3.54. The molecule has 0 radical (unpaired) electrons. The molecule has 76 valence electrons. The molecule has 2 amide bonds. The van der Waals surface area contributed by atoms with Gasteiger partial charge in [0, 0.05) is 0 Å². The number of primary amides is 1. The minimum Gasteiger partial charge on any atom is -0.465 e. The van der Waals surface area contributed by atoms with Gasteiger partial charge in [-0.1, -0.05) is 0 Å². The van der Waals surface area contributed by atoms with Gasteiger partial charge in [-0.05, 0) is 6.92 Å². The van der Waals surface area contributed by atoms with Crippen molar-refractivity contribution in [1.29, 1.82) is 0 Å². The zero-order valence-corrected chi connectivity index (χ0v) is 7.06. The van der Waals surface area contributed by atoms with E-state index in [1.165, 1.54) is 6.92 Å². The van der Waals surface area contributed by atoms with Crippen LogP contribution in [0.15, 0.2) is 0 Å². The Kier molecular flexibility index (Phi) is 4.60. The van der Waals surface area contributed by atoms with Crippen molar-refractivity contribution in [3.8, 4) is 0 Å². The van der Waals surface area contributed by atoms with Crippen LogP contribution in [-0.4, -0.2) is 41.2 Å². The van der Waals surface area contributed by atoms with E-state index >= 15 is 0 Å². The fourth-order valence-electron chi connectivity index (χ4n) is 0.620. The highest BCUT2D eigenvalue weighted by atomic mass is 16.6. The van der Waals surface area contributed by atoms with E-state index in [1.54, 1.807) is 0 Å². The number of carbonyl (C=O) groups is 2. The van der Waals surface area contributed by atoms with Gasteiger partial charge in [0.2, 0.25) is 0 Å². The number of rotatable bonds is 4. The van der Waals surface area contributed by atoms with E-state index in [2.05, 4.69) is 10.5 Å². The van der Waals surface area contributed by atoms with Crippen LogP contribution in [0.25, 0.3) is 0 Å². The molecule has 7 nitrogen and oxygen atoms in total. The zero-order valence-electron chi connectivity index (χ0n) is 7.06. The molecule has 2 atom stereocenters. The third kappa shape index (κ3) is 5.74. The number of amides is 2. The van der Waals surface area contributed by atoms with Gasteiger partial charge in [0.25, 0.3) is 0 Å². The quantitative estimate of drug-likeness (QED) is 0.459. The molecule has 0 saturated carbocycles. The van der Waals surface area contributed by atoms with Crippen LogP contribution in [0, 0.1) is 0 Å². The Balaban J connectivity index is 3.75. The zero-order chi connectivity index (χ0) is 10.4. The molecule has 0 rings (SSSR count). The highest BCUT2D eigenvalue weighted by Gasteiger charge is 2.17. The fraction of sp³-hybridized carbons (Fsp3) is 0.667. The van der Waals surface area contributed by atoms with Crippen LogP contribution in [0.1, 0.15) is 6.92 Å². The Labute approximate surface area is 74.5 Å². The molecule has 0 spiro atoms. The third-order valence-electron chi connectivity index (χ3n) is 1.31. The molecule has 0 bridgehead atoms. The summed E-state index contributed by atoms with van der Waals surface area (Å²) in [6.45, 7) is 1.18.